The van der Waals surface area contributed by atoms with E-state index in [2.05, 4.69) is 0 Å². The fourth-order valence-electron chi connectivity index (χ4n) is 6.98. The van der Waals surface area contributed by atoms with Crippen LogP contribution in [0, 0.1) is 25.7 Å². The van der Waals surface area contributed by atoms with E-state index in [4.69, 9.17) is 9.47 Å². The molecule has 2 fully saturated rings. The van der Waals surface area contributed by atoms with Crippen LogP contribution in [0.2, 0.25) is 0 Å². The zero-order valence-corrected chi connectivity index (χ0v) is 22.7. The van der Waals surface area contributed by atoms with E-state index in [-0.39, 0.29) is 25.0 Å². The van der Waals surface area contributed by atoms with E-state index in [1.54, 1.807) is 4.90 Å². The fraction of sp³-hybridized carbons (Fsp3) is 0.567. The summed E-state index contributed by atoms with van der Waals surface area (Å²) in [5, 5.41) is 10.3. The van der Waals surface area contributed by atoms with Gasteiger partial charge in [0.25, 0.3) is 5.91 Å². The summed E-state index contributed by atoms with van der Waals surface area (Å²) in [5.41, 5.74) is 0.195. The molecule has 8 nitrogen and oxygen atoms in total. The number of hydrogen-bond donors (Lipinski definition) is 1. The summed E-state index contributed by atoms with van der Waals surface area (Å²) in [4.78, 5) is 45.7. The van der Waals surface area contributed by atoms with Crippen LogP contribution in [0.1, 0.15) is 50.7 Å². The van der Waals surface area contributed by atoms with Gasteiger partial charge in [0.1, 0.15) is 17.6 Å². The Kier molecular flexibility index (Phi) is 6.99. The quantitative estimate of drug-likeness (QED) is 0.482. The number of nitrogens with zero attached hydrogens (tertiary/aromatic N) is 2. The van der Waals surface area contributed by atoms with E-state index in [0.717, 1.165) is 36.1 Å². The van der Waals surface area contributed by atoms with Gasteiger partial charge in [-0.3, -0.25) is 14.4 Å². The minimum atomic E-state index is -1.38. The molecule has 8 heteroatoms. The molecule has 4 aliphatic heterocycles. The van der Waals surface area contributed by atoms with Crippen molar-refractivity contribution in [3.8, 4) is 0 Å². The van der Waals surface area contributed by atoms with Gasteiger partial charge in [-0.25, -0.2) is 0 Å². The average molecular weight is 523 g/mol. The Hall–Kier alpha value is -2.97. The second-order valence-corrected chi connectivity index (χ2v) is 11.1. The smallest absolute Gasteiger partial charge is 0.313 e. The van der Waals surface area contributed by atoms with Crippen LogP contribution in [-0.4, -0.2) is 70.8 Å². The first kappa shape index (κ1) is 26.6. The molecule has 4 heterocycles. The normalized spacial score (nSPS) is 34.8. The first-order chi connectivity index (χ1) is 18.2. The van der Waals surface area contributed by atoms with Gasteiger partial charge < -0.3 is 24.4 Å². The summed E-state index contributed by atoms with van der Waals surface area (Å²) in [7, 11) is 0. The number of aliphatic hydroxyl groups is 1. The zero-order valence-electron chi connectivity index (χ0n) is 22.7. The highest BCUT2D eigenvalue weighted by molar-refractivity contribution is 6.06. The summed E-state index contributed by atoms with van der Waals surface area (Å²) < 4.78 is 12.5. The third-order valence-corrected chi connectivity index (χ3v) is 8.72. The predicted molar refractivity (Wildman–Crippen MR) is 142 cm³/mol. The van der Waals surface area contributed by atoms with Crippen LogP contribution in [0.4, 0.5) is 5.69 Å². The number of ether oxygens (including phenoxy) is 2. The van der Waals surface area contributed by atoms with Gasteiger partial charge >= 0.3 is 5.97 Å². The van der Waals surface area contributed by atoms with Crippen LogP contribution in [-0.2, 0) is 23.9 Å². The number of allylic oxidation sites excluding steroid dienone is 1. The Balaban J connectivity index is 1.69. The molecule has 0 radical (unpaired) electrons. The Morgan fingerprint density at radius 1 is 1.05 bits per heavy atom. The predicted octanol–water partition coefficient (Wildman–Crippen LogP) is 3.23. The number of para-hydroxylation sites is 1. The number of likely N-dealkylation sites (tertiary alicyclic amines) is 1. The molecule has 1 N–H and O–H groups in total. The van der Waals surface area contributed by atoms with Gasteiger partial charge in [-0.15, -0.1) is 0 Å². The molecule has 1 aromatic rings. The lowest BCUT2D eigenvalue weighted by molar-refractivity contribution is -0.160. The number of esters is 1. The summed E-state index contributed by atoms with van der Waals surface area (Å²) in [6.07, 6.45) is 10.5. The molecule has 0 bridgehead atoms. The van der Waals surface area contributed by atoms with E-state index in [1.165, 1.54) is 4.90 Å². The molecule has 0 aromatic heterocycles. The molecule has 2 amide bonds. The monoisotopic (exact) mass is 522 g/mol. The van der Waals surface area contributed by atoms with Crippen molar-refractivity contribution in [2.24, 2.45) is 11.8 Å². The number of anilines is 1. The maximum absolute atomic E-state index is 14.6. The largest absolute Gasteiger partial charge is 0.465 e. The van der Waals surface area contributed by atoms with E-state index < -0.39 is 41.1 Å². The Labute approximate surface area is 224 Å². The summed E-state index contributed by atoms with van der Waals surface area (Å²) >= 11 is 0. The first-order valence-electron chi connectivity index (χ1n) is 13.7. The Bertz CT molecular complexity index is 1170. The van der Waals surface area contributed by atoms with Crippen LogP contribution in [0.15, 0.2) is 42.5 Å². The van der Waals surface area contributed by atoms with Gasteiger partial charge in [0.15, 0.2) is 0 Å². The highest BCUT2D eigenvalue weighted by Crippen LogP contribution is 2.57. The number of hydrogen-bond acceptors (Lipinski definition) is 6. The van der Waals surface area contributed by atoms with Crippen LogP contribution in [0.5, 0.6) is 0 Å². The maximum Gasteiger partial charge on any atom is 0.313 e. The van der Waals surface area contributed by atoms with Gasteiger partial charge in [-0.1, -0.05) is 49.4 Å². The number of amides is 2. The molecule has 1 aromatic carbocycles. The molecule has 0 saturated carbocycles. The van der Waals surface area contributed by atoms with Crippen molar-refractivity contribution in [3.63, 3.8) is 0 Å². The van der Waals surface area contributed by atoms with Crippen molar-refractivity contribution < 1.29 is 29.0 Å². The van der Waals surface area contributed by atoms with Crippen molar-refractivity contribution >= 4 is 23.5 Å². The molecule has 1 unspecified atom stereocenters. The number of carbonyl (C=O) groups is 3. The molecule has 4 aliphatic rings. The minimum absolute atomic E-state index is 0.278. The summed E-state index contributed by atoms with van der Waals surface area (Å²) in [6.45, 7) is 7.90. The van der Waals surface area contributed by atoms with Crippen LogP contribution in [0.3, 0.4) is 0 Å². The van der Waals surface area contributed by atoms with Gasteiger partial charge in [0.2, 0.25) is 5.91 Å². The van der Waals surface area contributed by atoms with E-state index >= 15 is 0 Å². The molecule has 204 valence electrons. The van der Waals surface area contributed by atoms with E-state index in [1.807, 2.05) is 70.2 Å². The van der Waals surface area contributed by atoms with Crippen LogP contribution < -0.4 is 4.90 Å². The highest BCUT2D eigenvalue weighted by atomic mass is 16.6. The van der Waals surface area contributed by atoms with Crippen molar-refractivity contribution in [3.05, 3.63) is 53.6 Å². The lowest BCUT2D eigenvalue weighted by Crippen LogP contribution is -2.59. The van der Waals surface area contributed by atoms with E-state index in [9.17, 15) is 19.5 Å². The lowest BCUT2D eigenvalue weighted by atomic mass is 9.74. The molecule has 38 heavy (non-hydrogen) atoms. The van der Waals surface area contributed by atoms with Crippen molar-refractivity contribution in [2.75, 3.05) is 24.7 Å². The average Bonchev–Trinajstić information content (AvgIpc) is 3.21. The highest BCUT2D eigenvalue weighted by Gasteiger charge is 2.75. The third-order valence-electron chi connectivity index (χ3n) is 8.72. The molecule has 6 atom stereocenters. The maximum atomic E-state index is 14.6. The van der Waals surface area contributed by atoms with E-state index in [0.29, 0.717) is 13.0 Å². The summed E-state index contributed by atoms with van der Waals surface area (Å²) in [6, 6.07) is 4.25. The second kappa shape index (κ2) is 9.97. The Morgan fingerprint density at radius 2 is 1.79 bits per heavy atom. The van der Waals surface area contributed by atoms with Crippen molar-refractivity contribution in [1.29, 1.82) is 0 Å². The zero-order chi connectivity index (χ0) is 27.2. The number of fused-ring (bicyclic) bond motifs is 2. The van der Waals surface area contributed by atoms with Gasteiger partial charge in [-0.05, 0) is 57.6 Å². The molecule has 5 rings (SSSR count). The molecular weight excluding hydrogens is 484 g/mol. The number of cyclic esters (lactones) is 1. The lowest BCUT2D eigenvalue weighted by Gasteiger charge is -2.40. The molecule has 0 aliphatic carbocycles. The number of aliphatic hydroxyl groups excluding tert-OH is 1. The topological polar surface area (TPSA) is 96.4 Å². The third kappa shape index (κ3) is 3.92. The van der Waals surface area contributed by atoms with Gasteiger partial charge in [0.05, 0.1) is 30.8 Å². The number of rotatable bonds is 4. The van der Waals surface area contributed by atoms with Crippen LogP contribution in [0.25, 0.3) is 0 Å². The van der Waals surface area contributed by atoms with Crippen LogP contribution >= 0.6 is 0 Å². The van der Waals surface area contributed by atoms with Crippen molar-refractivity contribution in [2.45, 2.75) is 76.7 Å². The second-order valence-electron chi connectivity index (χ2n) is 11.1. The number of benzene rings is 1. The fourth-order valence-corrected chi connectivity index (χ4v) is 6.98. The minimum Gasteiger partial charge on any atom is -0.465 e. The first-order valence-corrected chi connectivity index (χ1v) is 13.7. The van der Waals surface area contributed by atoms with Gasteiger partial charge in [-0.2, -0.15) is 0 Å². The number of carbonyl (C=O) groups excluding carboxylic acids is 3. The summed E-state index contributed by atoms with van der Waals surface area (Å²) in [5.74, 6) is -2.98. The standard InChI is InChI=1S/C30H38N2O6/c1-5-21(18-33)32-25-27(35)31(24-19(2)12-10-13-20(24)3)16-11-15-30(25)22(26(32)34)23-28(36)37-17-9-7-6-8-14-29(23,4)38-30/h8,10-15,21-23,25,33H,5-7,9,16-18H2,1-4H3/b14-8-/t21-,22-,23-,25?,29+,30-/m0/s1. The Morgan fingerprint density at radius 3 is 2.47 bits per heavy atom. The molecular formula is C30H38N2O6. The number of aryl methyl sites for hydroxylation is 2. The molecule has 2 saturated heterocycles. The molecule has 1 spiro atoms. The SMILES string of the molecule is CC[C@@H](CO)N1C(=O)[C@@H]2[C@H]3C(=O)OCCCC/C=C\[C@@]3(C)O[C@@]23C=CCN(c2c(C)cccc2C)C(=O)C13. The van der Waals surface area contributed by atoms with Gasteiger partial charge in [0, 0.05) is 12.2 Å². The van der Waals surface area contributed by atoms with Crippen molar-refractivity contribution in [1.82, 2.24) is 4.90 Å².